The topological polar surface area (TPSA) is 79.4 Å². The molecular formula is C12H21N5O2S. The van der Waals surface area contributed by atoms with Gasteiger partial charge in [-0.25, -0.2) is 4.79 Å². The van der Waals surface area contributed by atoms with Crippen molar-refractivity contribution >= 4 is 22.5 Å². The van der Waals surface area contributed by atoms with Gasteiger partial charge in [-0.1, -0.05) is 25.2 Å². The molecule has 2 amide bonds. The van der Waals surface area contributed by atoms with Crippen molar-refractivity contribution < 1.29 is 9.53 Å². The van der Waals surface area contributed by atoms with E-state index in [0.717, 1.165) is 26.2 Å². The number of urea groups is 1. The largest absolute Gasteiger partial charge is 0.374 e. The van der Waals surface area contributed by atoms with E-state index in [1.54, 1.807) is 5.51 Å². The summed E-state index contributed by atoms with van der Waals surface area (Å²) in [5, 5.41) is 13.3. The molecule has 0 aromatic carbocycles. The fourth-order valence-electron chi connectivity index (χ4n) is 2.16. The number of morpholine rings is 1. The van der Waals surface area contributed by atoms with Gasteiger partial charge in [0.15, 0.2) is 0 Å². The molecule has 1 aliphatic rings. The molecule has 1 fully saturated rings. The summed E-state index contributed by atoms with van der Waals surface area (Å²) in [6.45, 7) is 8.52. The quantitative estimate of drug-likeness (QED) is 0.848. The molecule has 2 heterocycles. The predicted molar refractivity (Wildman–Crippen MR) is 77.9 cm³/mol. The zero-order valence-electron chi connectivity index (χ0n) is 11.8. The molecule has 0 aliphatic carbocycles. The lowest BCUT2D eigenvalue weighted by molar-refractivity contribution is -0.0288. The van der Waals surface area contributed by atoms with E-state index < -0.39 is 0 Å². The number of hydrogen-bond acceptors (Lipinski definition) is 6. The average molecular weight is 299 g/mol. The molecule has 7 nitrogen and oxygen atoms in total. The van der Waals surface area contributed by atoms with Crippen LogP contribution in [0.15, 0.2) is 5.51 Å². The van der Waals surface area contributed by atoms with E-state index >= 15 is 0 Å². The fourth-order valence-corrected chi connectivity index (χ4v) is 2.60. The Morgan fingerprint density at radius 3 is 3.20 bits per heavy atom. The van der Waals surface area contributed by atoms with Crippen molar-refractivity contribution in [2.75, 3.05) is 38.1 Å². The molecule has 112 valence electrons. The number of anilines is 1. The normalized spacial score (nSPS) is 20.1. The van der Waals surface area contributed by atoms with Crippen molar-refractivity contribution in [3.63, 3.8) is 0 Å². The molecule has 1 atom stereocenters. The highest BCUT2D eigenvalue weighted by Crippen LogP contribution is 2.09. The molecule has 0 spiro atoms. The molecule has 0 saturated carbocycles. The first-order valence-corrected chi connectivity index (χ1v) is 7.66. The molecular weight excluding hydrogens is 278 g/mol. The third-order valence-corrected chi connectivity index (χ3v) is 3.52. The van der Waals surface area contributed by atoms with Crippen LogP contribution in [0.4, 0.5) is 9.93 Å². The molecule has 1 unspecified atom stereocenters. The molecule has 2 rings (SSSR count). The van der Waals surface area contributed by atoms with E-state index in [4.69, 9.17) is 4.74 Å². The van der Waals surface area contributed by atoms with Gasteiger partial charge >= 0.3 is 6.03 Å². The fraction of sp³-hybridized carbons (Fsp3) is 0.750. The number of aromatic nitrogens is 2. The molecule has 1 aromatic heterocycles. The predicted octanol–water partition coefficient (Wildman–Crippen LogP) is 1.02. The Kier molecular flexibility index (Phi) is 5.69. The van der Waals surface area contributed by atoms with E-state index in [1.165, 1.54) is 11.3 Å². The summed E-state index contributed by atoms with van der Waals surface area (Å²) in [5.74, 6) is 0.641. The molecule has 20 heavy (non-hydrogen) atoms. The zero-order chi connectivity index (χ0) is 14.4. The van der Waals surface area contributed by atoms with Crippen molar-refractivity contribution in [1.29, 1.82) is 0 Å². The van der Waals surface area contributed by atoms with Gasteiger partial charge in [0.25, 0.3) is 0 Å². The van der Waals surface area contributed by atoms with E-state index in [2.05, 4.69) is 39.6 Å². The summed E-state index contributed by atoms with van der Waals surface area (Å²) in [6, 6.07) is -0.272. The smallest absolute Gasteiger partial charge is 0.321 e. The maximum atomic E-state index is 11.7. The summed E-state index contributed by atoms with van der Waals surface area (Å²) in [6.07, 6.45) is 0.0441. The minimum Gasteiger partial charge on any atom is -0.374 e. The van der Waals surface area contributed by atoms with E-state index in [1.807, 2.05) is 0 Å². The molecule has 1 aliphatic heterocycles. The Morgan fingerprint density at radius 1 is 1.65 bits per heavy atom. The number of nitrogens with one attached hydrogen (secondary N) is 2. The van der Waals surface area contributed by atoms with Gasteiger partial charge in [-0.2, -0.15) is 0 Å². The van der Waals surface area contributed by atoms with Gasteiger partial charge in [0.1, 0.15) is 5.51 Å². The average Bonchev–Trinajstić information content (AvgIpc) is 2.89. The Balaban J connectivity index is 1.69. The first kappa shape index (κ1) is 15.1. The number of ether oxygens (including phenoxy) is 1. The zero-order valence-corrected chi connectivity index (χ0v) is 12.7. The Labute approximate surface area is 122 Å². The van der Waals surface area contributed by atoms with Crippen LogP contribution in [0.5, 0.6) is 0 Å². The van der Waals surface area contributed by atoms with Crippen LogP contribution in [0.3, 0.4) is 0 Å². The first-order chi connectivity index (χ1) is 9.63. The number of nitrogens with zero attached hydrogens (tertiary/aromatic N) is 3. The third kappa shape index (κ3) is 5.03. The summed E-state index contributed by atoms with van der Waals surface area (Å²) >= 11 is 1.29. The highest BCUT2D eigenvalue weighted by Gasteiger charge is 2.21. The molecule has 2 N–H and O–H groups in total. The van der Waals surface area contributed by atoms with Gasteiger partial charge < -0.3 is 10.1 Å². The van der Waals surface area contributed by atoms with Crippen molar-refractivity contribution in [3.05, 3.63) is 5.51 Å². The number of carbonyl (C=O) groups excluding carboxylic acids is 1. The van der Waals surface area contributed by atoms with E-state index in [-0.39, 0.29) is 12.1 Å². The lowest BCUT2D eigenvalue weighted by Gasteiger charge is -2.33. The minimum atomic E-state index is -0.272. The van der Waals surface area contributed by atoms with Crippen molar-refractivity contribution in [2.24, 2.45) is 5.92 Å². The summed E-state index contributed by atoms with van der Waals surface area (Å²) in [5.41, 5.74) is 1.57. The first-order valence-electron chi connectivity index (χ1n) is 6.78. The van der Waals surface area contributed by atoms with Crippen LogP contribution in [0.25, 0.3) is 0 Å². The molecule has 8 heteroatoms. The number of carbonyl (C=O) groups is 1. The second-order valence-corrected chi connectivity index (χ2v) is 6.06. The van der Waals surface area contributed by atoms with E-state index in [9.17, 15) is 4.79 Å². The van der Waals surface area contributed by atoms with Crippen LogP contribution >= 0.6 is 11.3 Å². The van der Waals surface area contributed by atoms with Gasteiger partial charge in [-0.05, 0) is 5.92 Å². The third-order valence-electron chi connectivity index (χ3n) is 2.92. The van der Waals surface area contributed by atoms with Gasteiger partial charge in [0, 0.05) is 26.2 Å². The van der Waals surface area contributed by atoms with Gasteiger partial charge in [-0.3, -0.25) is 10.2 Å². The Bertz CT molecular complexity index is 412. The van der Waals surface area contributed by atoms with Gasteiger partial charge in [0.2, 0.25) is 5.13 Å². The van der Waals surface area contributed by atoms with E-state index in [0.29, 0.717) is 17.6 Å². The highest BCUT2D eigenvalue weighted by atomic mass is 32.1. The number of amides is 2. The molecule has 0 bridgehead atoms. The lowest BCUT2D eigenvalue weighted by atomic mass is 10.2. The van der Waals surface area contributed by atoms with Crippen LogP contribution in [-0.4, -0.2) is 60.0 Å². The lowest BCUT2D eigenvalue weighted by Crippen LogP contribution is -2.48. The standard InChI is InChI=1S/C12H21N5O2S/c1-9(2)6-17-3-4-19-10(7-17)5-13-11(18)15-12-16-14-8-20-12/h8-10H,3-7H2,1-2H3,(H2,13,15,16,18). The molecule has 1 saturated heterocycles. The van der Waals surface area contributed by atoms with Gasteiger partial charge in [0.05, 0.1) is 12.7 Å². The monoisotopic (exact) mass is 299 g/mol. The maximum Gasteiger partial charge on any atom is 0.321 e. The second kappa shape index (κ2) is 7.51. The highest BCUT2D eigenvalue weighted by molar-refractivity contribution is 7.13. The molecule has 1 aromatic rings. The summed E-state index contributed by atoms with van der Waals surface area (Å²) in [7, 11) is 0. The van der Waals surface area contributed by atoms with Crippen molar-refractivity contribution in [2.45, 2.75) is 20.0 Å². The molecule has 0 radical (unpaired) electrons. The maximum absolute atomic E-state index is 11.7. The Morgan fingerprint density at radius 2 is 2.50 bits per heavy atom. The van der Waals surface area contributed by atoms with Crippen molar-refractivity contribution in [3.8, 4) is 0 Å². The Hall–Kier alpha value is -1.25. The summed E-state index contributed by atoms with van der Waals surface area (Å²) in [4.78, 5) is 14.0. The van der Waals surface area contributed by atoms with Crippen LogP contribution < -0.4 is 10.6 Å². The van der Waals surface area contributed by atoms with Crippen LogP contribution in [0, 0.1) is 5.92 Å². The second-order valence-electron chi connectivity index (χ2n) is 5.23. The van der Waals surface area contributed by atoms with Crippen LogP contribution in [-0.2, 0) is 4.74 Å². The van der Waals surface area contributed by atoms with Crippen LogP contribution in [0.2, 0.25) is 0 Å². The van der Waals surface area contributed by atoms with Crippen molar-refractivity contribution in [1.82, 2.24) is 20.4 Å². The number of rotatable bonds is 5. The van der Waals surface area contributed by atoms with Crippen LogP contribution in [0.1, 0.15) is 13.8 Å². The minimum absolute atomic E-state index is 0.0441. The number of hydrogen-bond donors (Lipinski definition) is 2. The summed E-state index contributed by atoms with van der Waals surface area (Å²) < 4.78 is 5.67. The van der Waals surface area contributed by atoms with Gasteiger partial charge in [-0.15, -0.1) is 10.2 Å². The SMILES string of the molecule is CC(C)CN1CCOC(CNC(=O)Nc2nncs2)C1.